The summed E-state index contributed by atoms with van der Waals surface area (Å²) < 4.78 is 47.1. The molecule has 0 aliphatic carbocycles. The quantitative estimate of drug-likeness (QED) is 0.584. The van der Waals surface area contributed by atoms with Crippen LogP contribution in [-0.4, -0.2) is 71.7 Å². The van der Waals surface area contributed by atoms with Crippen molar-refractivity contribution in [3.8, 4) is 11.5 Å². The van der Waals surface area contributed by atoms with Gasteiger partial charge in [-0.3, -0.25) is 4.79 Å². The SMILES string of the molecule is COc1cc(NC(=O)COC(=O)c2ccc(S(=O)(=O)N3CCOCC3)cc2)cc(OC)c1. The molecule has 32 heavy (non-hydrogen) atoms. The summed E-state index contributed by atoms with van der Waals surface area (Å²) in [7, 11) is -0.688. The molecular weight excluding hydrogens is 440 g/mol. The van der Waals surface area contributed by atoms with Crippen LogP contribution in [0.15, 0.2) is 47.4 Å². The Hall–Kier alpha value is -3.15. The van der Waals surface area contributed by atoms with Gasteiger partial charge in [0.05, 0.1) is 37.9 Å². The fourth-order valence-electron chi connectivity index (χ4n) is 2.99. The third-order valence-electron chi connectivity index (χ3n) is 4.67. The van der Waals surface area contributed by atoms with Gasteiger partial charge in [0, 0.05) is 37.0 Å². The van der Waals surface area contributed by atoms with Crippen LogP contribution in [0.4, 0.5) is 5.69 Å². The van der Waals surface area contributed by atoms with Crippen molar-refractivity contribution >= 4 is 27.6 Å². The molecule has 0 aromatic heterocycles. The number of anilines is 1. The minimum atomic E-state index is -3.66. The van der Waals surface area contributed by atoms with E-state index in [4.69, 9.17) is 18.9 Å². The number of nitrogens with zero attached hydrogens (tertiary/aromatic N) is 1. The number of nitrogens with one attached hydrogen (secondary N) is 1. The standard InChI is InChI=1S/C21H24N2O8S/c1-28-17-11-16(12-18(13-17)29-2)22-20(24)14-31-21(25)15-3-5-19(6-4-15)32(26,27)23-7-9-30-10-8-23/h3-6,11-13H,7-10,14H2,1-2H3,(H,22,24). The predicted octanol–water partition coefficient (Wildman–Crippen LogP) is 1.52. The minimum Gasteiger partial charge on any atom is -0.497 e. The monoisotopic (exact) mass is 464 g/mol. The molecule has 0 radical (unpaired) electrons. The zero-order valence-electron chi connectivity index (χ0n) is 17.7. The van der Waals surface area contributed by atoms with Crippen LogP contribution in [0.1, 0.15) is 10.4 Å². The van der Waals surface area contributed by atoms with E-state index in [0.717, 1.165) is 0 Å². The Kier molecular flexibility index (Phi) is 7.67. The highest BCUT2D eigenvalue weighted by Gasteiger charge is 2.26. The average molecular weight is 464 g/mol. The number of rotatable bonds is 8. The molecule has 11 heteroatoms. The number of hydrogen-bond acceptors (Lipinski definition) is 8. The molecule has 0 spiro atoms. The van der Waals surface area contributed by atoms with Gasteiger partial charge in [-0.1, -0.05) is 0 Å². The first-order chi connectivity index (χ1) is 15.3. The fraction of sp³-hybridized carbons (Fsp3) is 0.333. The van der Waals surface area contributed by atoms with Crippen molar-refractivity contribution in [1.29, 1.82) is 0 Å². The number of hydrogen-bond donors (Lipinski definition) is 1. The molecular formula is C21H24N2O8S. The van der Waals surface area contributed by atoms with Crippen molar-refractivity contribution in [3.63, 3.8) is 0 Å². The molecule has 1 amide bonds. The first-order valence-electron chi connectivity index (χ1n) is 9.71. The lowest BCUT2D eigenvalue weighted by molar-refractivity contribution is -0.119. The van der Waals surface area contributed by atoms with Gasteiger partial charge in [-0.25, -0.2) is 13.2 Å². The molecule has 1 aliphatic rings. The normalized spacial score (nSPS) is 14.4. The van der Waals surface area contributed by atoms with E-state index in [2.05, 4.69) is 5.32 Å². The van der Waals surface area contributed by atoms with Crippen LogP contribution in [0.3, 0.4) is 0 Å². The van der Waals surface area contributed by atoms with Gasteiger partial charge in [0.1, 0.15) is 11.5 Å². The number of sulfonamides is 1. The van der Waals surface area contributed by atoms with E-state index in [0.29, 0.717) is 30.4 Å². The van der Waals surface area contributed by atoms with Crippen LogP contribution >= 0.6 is 0 Å². The summed E-state index contributed by atoms with van der Waals surface area (Å²) in [4.78, 5) is 24.5. The Morgan fingerprint density at radius 1 is 1.00 bits per heavy atom. The second-order valence-electron chi connectivity index (χ2n) is 6.77. The number of methoxy groups -OCH3 is 2. The Bertz CT molecular complexity index is 1040. The number of morpholine rings is 1. The lowest BCUT2D eigenvalue weighted by Gasteiger charge is -2.26. The van der Waals surface area contributed by atoms with E-state index in [-0.39, 0.29) is 23.5 Å². The Labute approximate surface area is 186 Å². The van der Waals surface area contributed by atoms with Gasteiger partial charge in [0.25, 0.3) is 5.91 Å². The highest BCUT2D eigenvalue weighted by Crippen LogP contribution is 2.25. The summed E-state index contributed by atoms with van der Waals surface area (Å²) in [6, 6.07) is 10.2. The van der Waals surface area contributed by atoms with Crippen molar-refractivity contribution in [1.82, 2.24) is 4.31 Å². The first kappa shape index (κ1) is 23.5. The van der Waals surface area contributed by atoms with E-state index in [1.54, 1.807) is 18.2 Å². The zero-order chi connectivity index (χ0) is 23.1. The molecule has 0 bridgehead atoms. The highest BCUT2D eigenvalue weighted by molar-refractivity contribution is 7.89. The van der Waals surface area contributed by atoms with E-state index in [1.807, 2.05) is 0 Å². The maximum Gasteiger partial charge on any atom is 0.338 e. The molecule has 1 saturated heterocycles. The van der Waals surface area contributed by atoms with Gasteiger partial charge < -0.3 is 24.3 Å². The lowest BCUT2D eigenvalue weighted by atomic mass is 10.2. The summed E-state index contributed by atoms with van der Waals surface area (Å²) in [5.41, 5.74) is 0.543. The molecule has 2 aromatic rings. The van der Waals surface area contributed by atoms with Crippen molar-refractivity contribution in [2.45, 2.75) is 4.90 Å². The van der Waals surface area contributed by atoms with E-state index >= 15 is 0 Å². The van der Waals surface area contributed by atoms with Crippen LogP contribution in [0.2, 0.25) is 0 Å². The number of ether oxygens (including phenoxy) is 4. The molecule has 1 heterocycles. The van der Waals surface area contributed by atoms with Crippen LogP contribution in [-0.2, 0) is 24.3 Å². The van der Waals surface area contributed by atoms with Crippen molar-refractivity contribution in [2.75, 3.05) is 52.4 Å². The minimum absolute atomic E-state index is 0.0701. The molecule has 0 saturated carbocycles. The molecule has 172 valence electrons. The largest absolute Gasteiger partial charge is 0.497 e. The van der Waals surface area contributed by atoms with Gasteiger partial charge in [-0.15, -0.1) is 0 Å². The maximum atomic E-state index is 12.6. The second-order valence-corrected chi connectivity index (χ2v) is 8.70. The molecule has 1 N–H and O–H groups in total. The Morgan fingerprint density at radius 3 is 2.16 bits per heavy atom. The van der Waals surface area contributed by atoms with Crippen LogP contribution in [0, 0.1) is 0 Å². The molecule has 10 nitrogen and oxygen atoms in total. The van der Waals surface area contributed by atoms with Crippen LogP contribution in [0.5, 0.6) is 11.5 Å². The number of carbonyl (C=O) groups excluding carboxylic acids is 2. The third kappa shape index (κ3) is 5.75. The number of amides is 1. The molecule has 0 atom stereocenters. The smallest absolute Gasteiger partial charge is 0.338 e. The van der Waals surface area contributed by atoms with Gasteiger partial charge in [0.2, 0.25) is 10.0 Å². The number of esters is 1. The molecule has 0 unspecified atom stereocenters. The average Bonchev–Trinajstić information content (AvgIpc) is 2.82. The summed E-state index contributed by atoms with van der Waals surface area (Å²) in [6.45, 7) is 0.718. The highest BCUT2D eigenvalue weighted by atomic mass is 32.2. The van der Waals surface area contributed by atoms with Crippen molar-refractivity contribution in [2.24, 2.45) is 0 Å². The van der Waals surface area contributed by atoms with Crippen LogP contribution < -0.4 is 14.8 Å². The molecule has 1 aliphatic heterocycles. The number of benzene rings is 2. The van der Waals surface area contributed by atoms with E-state index in [1.165, 1.54) is 42.8 Å². The summed E-state index contributed by atoms with van der Waals surface area (Å²) in [5.74, 6) is -0.327. The molecule has 3 rings (SSSR count). The fourth-order valence-corrected chi connectivity index (χ4v) is 4.40. The van der Waals surface area contributed by atoms with Gasteiger partial charge in [-0.05, 0) is 24.3 Å². The number of carbonyl (C=O) groups is 2. The van der Waals surface area contributed by atoms with Crippen LogP contribution in [0.25, 0.3) is 0 Å². The lowest BCUT2D eigenvalue weighted by Crippen LogP contribution is -2.40. The molecule has 2 aromatic carbocycles. The topological polar surface area (TPSA) is 120 Å². The predicted molar refractivity (Wildman–Crippen MR) is 114 cm³/mol. The van der Waals surface area contributed by atoms with Crippen molar-refractivity contribution in [3.05, 3.63) is 48.0 Å². The Balaban J connectivity index is 1.57. The molecule has 1 fully saturated rings. The van der Waals surface area contributed by atoms with Gasteiger partial charge in [0.15, 0.2) is 6.61 Å². The van der Waals surface area contributed by atoms with E-state index < -0.39 is 28.5 Å². The van der Waals surface area contributed by atoms with E-state index in [9.17, 15) is 18.0 Å². The maximum absolute atomic E-state index is 12.6. The summed E-state index contributed by atoms with van der Waals surface area (Å²) in [6.07, 6.45) is 0. The summed E-state index contributed by atoms with van der Waals surface area (Å²) >= 11 is 0. The summed E-state index contributed by atoms with van der Waals surface area (Å²) in [5, 5.41) is 2.59. The zero-order valence-corrected chi connectivity index (χ0v) is 18.5. The second kappa shape index (κ2) is 10.4. The van der Waals surface area contributed by atoms with Gasteiger partial charge in [-0.2, -0.15) is 4.31 Å². The first-order valence-corrected chi connectivity index (χ1v) is 11.2. The van der Waals surface area contributed by atoms with Gasteiger partial charge >= 0.3 is 5.97 Å². The van der Waals surface area contributed by atoms with Crippen molar-refractivity contribution < 1.29 is 37.0 Å². The Morgan fingerprint density at radius 2 is 1.59 bits per heavy atom. The third-order valence-corrected chi connectivity index (χ3v) is 6.58.